The Hall–Kier alpha value is -4.18. The second-order valence-corrected chi connectivity index (χ2v) is 8.61. The Balaban J connectivity index is 1.29. The molecule has 1 fully saturated rings. The van der Waals surface area contributed by atoms with Gasteiger partial charge in [0, 0.05) is 42.9 Å². The molecule has 0 atom stereocenters. The van der Waals surface area contributed by atoms with Gasteiger partial charge in [0.1, 0.15) is 17.8 Å². The zero-order valence-corrected chi connectivity index (χ0v) is 19.0. The minimum Gasteiger partial charge on any atom is -0.393 e. The summed E-state index contributed by atoms with van der Waals surface area (Å²) in [6, 6.07) is 15.1. The van der Waals surface area contributed by atoms with Crippen LogP contribution < -0.4 is 10.6 Å². The topological polar surface area (TPSA) is 118 Å². The largest absolute Gasteiger partial charge is 0.393 e. The van der Waals surface area contributed by atoms with Crippen LogP contribution in [-0.2, 0) is 19.1 Å². The zero-order chi connectivity index (χ0) is 24.4. The Morgan fingerprint density at radius 2 is 2.00 bits per heavy atom. The van der Waals surface area contributed by atoms with Gasteiger partial charge >= 0.3 is 0 Å². The lowest BCUT2D eigenvalue weighted by Crippen LogP contribution is -2.57. The lowest BCUT2D eigenvalue weighted by molar-refractivity contribution is -0.000602. The highest BCUT2D eigenvalue weighted by molar-refractivity contribution is 5.95. The van der Waals surface area contributed by atoms with Crippen LogP contribution in [-0.4, -0.2) is 41.9 Å². The number of carbonyl (C=O) groups excluding carboxylic acids is 1. The molecule has 35 heavy (non-hydrogen) atoms. The molecule has 2 aromatic carbocycles. The van der Waals surface area contributed by atoms with E-state index in [9.17, 15) is 14.3 Å². The van der Waals surface area contributed by atoms with E-state index in [0.717, 1.165) is 5.69 Å². The molecule has 9 nitrogen and oxygen atoms in total. The van der Waals surface area contributed by atoms with E-state index in [4.69, 9.17) is 0 Å². The van der Waals surface area contributed by atoms with Crippen LogP contribution in [0.2, 0.25) is 0 Å². The molecule has 1 saturated carbocycles. The number of aromatic nitrogens is 5. The monoisotopic (exact) mass is 473 g/mol. The Labute approximate surface area is 201 Å². The van der Waals surface area contributed by atoms with E-state index in [1.807, 2.05) is 17.7 Å². The maximum Gasteiger partial charge on any atom is 0.252 e. The smallest absolute Gasteiger partial charge is 0.252 e. The fraction of sp³-hybridized carbons (Fsp3) is 0.240. The van der Waals surface area contributed by atoms with Crippen molar-refractivity contribution in [1.82, 2.24) is 30.0 Å². The fourth-order valence-corrected chi connectivity index (χ4v) is 4.39. The molecule has 4 aromatic rings. The number of hydrogen-bond acceptors (Lipinski definition) is 7. The van der Waals surface area contributed by atoms with Crippen LogP contribution in [0.3, 0.4) is 0 Å². The highest BCUT2D eigenvalue weighted by Crippen LogP contribution is 2.42. The fourth-order valence-electron chi connectivity index (χ4n) is 4.39. The summed E-state index contributed by atoms with van der Waals surface area (Å²) < 4.78 is 16.3. The van der Waals surface area contributed by atoms with E-state index in [1.54, 1.807) is 48.7 Å². The minimum atomic E-state index is -0.929. The lowest BCUT2D eigenvalue weighted by atomic mass is 9.69. The standard InChI is InChI=1S/C25H24FN7O2/c1-33-22(31-32-23(33)21-9-10-27-15-29-21)14-28-17-6-4-5-16(11-17)24(35)30-25(12-18(34)13-25)19-7-2-3-8-20(19)26/h2-11,15,18,28,34H,12-14H2,1H3,(H,30,35). The molecule has 5 rings (SSSR count). The van der Waals surface area contributed by atoms with Crippen molar-refractivity contribution in [1.29, 1.82) is 0 Å². The number of benzene rings is 2. The molecule has 2 aromatic heterocycles. The summed E-state index contributed by atoms with van der Waals surface area (Å²) in [5.74, 6) is 0.572. The third-order valence-corrected chi connectivity index (χ3v) is 6.26. The summed E-state index contributed by atoms with van der Waals surface area (Å²) in [4.78, 5) is 21.2. The van der Waals surface area contributed by atoms with Gasteiger partial charge in [-0.15, -0.1) is 10.2 Å². The maximum absolute atomic E-state index is 14.5. The van der Waals surface area contributed by atoms with Crippen LogP contribution in [0, 0.1) is 5.82 Å². The Kier molecular flexibility index (Phi) is 5.96. The predicted octanol–water partition coefficient (Wildman–Crippen LogP) is 2.80. The van der Waals surface area contributed by atoms with Crippen LogP contribution in [0.25, 0.3) is 11.5 Å². The molecule has 1 aliphatic rings. The second kappa shape index (κ2) is 9.22. The van der Waals surface area contributed by atoms with Gasteiger partial charge < -0.3 is 20.3 Å². The van der Waals surface area contributed by atoms with E-state index in [0.29, 0.717) is 35.0 Å². The van der Waals surface area contributed by atoms with Gasteiger partial charge in [-0.1, -0.05) is 24.3 Å². The zero-order valence-electron chi connectivity index (χ0n) is 19.0. The molecule has 1 aliphatic carbocycles. The molecule has 3 N–H and O–H groups in total. The average molecular weight is 474 g/mol. The number of carbonyl (C=O) groups is 1. The van der Waals surface area contributed by atoms with Gasteiger partial charge in [0.15, 0.2) is 11.6 Å². The number of hydrogen-bond donors (Lipinski definition) is 3. The Morgan fingerprint density at radius 1 is 1.17 bits per heavy atom. The van der Waals surface area contributed by atoms with Crippen molar-refractivity contribution >= 4 is 11.6 Å². The number of nitrogens with one attached hydrogen (secondary N) is 2. The number of rotatable bonds is 7. The summed E-state index contributed by atoms with van der Waals surface area (Å²) >= 11 is 0. The molecule has 10 heteroatoms. The molecule has 2 heterocycles. The van der Waals surface area contributed by atoms with Crippen molar-refractivity contribution in [2.45, 2.75) is 31.0 Å². The van der Waals surface area contributed by atoms with Gasteiger partial charge in [-0.3, -0.25) is 4.79 Å². The number of amides is 1. The number of halogens is 1. The number of aliphatic hydroxyl groups is 1. The highest BCUT2D eigenvalue weighted by atomic mass is 19.1. The maximum atomic E-state index is 14.5. The summed E-state index contributed by atoms with van der Waals surface area (Å²) in [5, 5.41) is 24.6. The first-order chi connectivity index (χ1) is 16.9. The molecule has 0 saturated heterocycles. The number of nitrogens with zero attached hydrogens (tertiary/aromatic N) is 5. The van der Waals surface area contributed by atoms with Crippen molar-refractivity contribution in [2.24, 2.45) is 7.05 Å². The first kappa shape index (κ1) is 22.6. The summed E-state index contributed by atoms with van der Waals surface area (Å²) in [7, 11) is 1.85. The summed E-state index contributed by atoms with van der Waals surface area (Å²) in [5.41, 5.74) is 1.27. The highest BCUT2D eigenvalue weighted by Gasteiger charge is 2.47. The van der Waals surface area contributed by atoms with E-state index in [-0.39, 0.29) is 18.7 Å². The number of anilines is 1. The summed E-state index contributed by atoms with van der Waals surface area (Å²) in [6.45, 7) is 0.380. The third-order valence-electron chi connectivity index (χ3n) is 6.26. The summed E-state index contributed by atoms with van der Waals surface area (Å²) in [6.07, 6.45) is 3.05. The van der Waals surface area contributed by atoms with Crippen LogP contribution >= 0.6 is 0 Å². The predicted molar refractivity (Wildman–Crippen MR) is 127 cm³/mol. The van der Waals surface area contributed by atoms with Gasteiger partial charge in [-0.05, 0) is 30.3 Å². The molecule has 0 bridgehead atoms. The SMILES string of the molecule is Cn1c(CNc2cccc(C(=O)NC3(c4ccccc4F)CC(O)C3)c2)nnc1-c1ccncn1. The van der Waals surface area contributed by atoms with Crippen LogP contribution in [0.1, 0.15) is 34.6 Å². The average Bonchev–Trinajstić information content (AvgIpc) is 3.22. The molecule has 0 spiro atoms. The van der Waals surface area contributed by atoms with Gasteiger partial charge in [-0.25, -0.2) is 14.4 Å². The Morgan fingerprint density at radius 3 is 2.74 bits per heavy atom. The van der Waals surface area contributed by atoms with Crippen LogP contribution in [0.15, 0.2) is 67.1 Å². The lowest BCUT2D eigenvalue weighted by Gasteiger charge is -2.46. The van der Waals surface area contributed by atoms with Crippen molar-refractivity contribution in [3.05, 3.63) is 89.9 Å². The van der Waals surface area contributed by atoms with Gasteiger partial charge in [-0.2, -0.15) is 0 Å². The van der Waals surface area contributed by atoms with E-state index in [1.165, 1.54) is 12.4 Å². The molecule has 0 unspecified atom stereocenters. The van der Waals surface area contributed by atoms with Crippen molar-refractivity contribution < 1.29 is 14.3 Å². The van der Waals surface area contributed by atoms with E-state index in [2.05, 4.69) is 30.8 Å². The van der Waals surface area contributed by atoms with Crippen LogP contribution in [0.4, 0.5) is 10.1 Å². The molecular weight excluding hydrogens is 449 g/mol. The molecule has 0 aliphatic heterocycles. The van der Waals surface area contributed by atoms with E-state index >= 15 is 0 Å². The first-order valence-corrected chi connectivity index (χ1v) is 11.2. The number of aliphatic hydroxyl groups excluding tert-OH is 1. The second-order valence-electron chi connectivity index (χ2n) is 8.61. The van der Waals surface area contributed by atoms with Crippen molar-refractivity contribution in [3.8, 4) is 11.5 Å². The van der Waals surface area contributed by atoms with Crippen molar-refractivity contribution in [3.63, 3.8) is 0 Å². The molecule has 0 radical (unpaired) electrons. The van der Waals surface area contributed by atoms with E-state index < -0.39 is 17.5 Å². The van der Waals surface area contributed by atoms with Crippen LogP contribution in [0.5, 0.6) is 0 Å². The molecule has 178 valence electrons. The quantitative estimate of drug-likeness (QED) is 0.378. The first-order valence-electron chi connectivity index (χ1n) is 11.2. The normalized spacial score (nSPS) is 19.1. The van der Waals surface area contributed by atoms with Gasteiger partial charge in [0.2, 0.25) is 0 Å². The minimum absolute atomic E-state index is 0.262. The Bertz CT molecular complexity index is 1350. The van der Waals surface area contributed by atoms with Crippen molar-refractivity contribution in [2.75, 3.05) is 5.32 Å². The van der Waals surface area contributed by atoms with Gasteiger partial charge in [0.05, 0.1) is 18.2 Å². The molecule has 1 amide bonds. The van der Waals surface area contributed by atoms with Gasteiger partial charge in [0.25, 0.3) is 5.91 Å². The third kappa shape index (κ3) is 4.47. The molecular formula is C25H24FN7O2.